The van der Waals surface area contributed by atoms with Gasteiger partial charge in [-0.05, 0) is 59.2 Å². The van der Waals surface area contributed by atoms with Crippen LogP contribution in [0.4, 0.5) is 0 Å². The Hall–Kier alpha value is -2.17. The third-order valence-corrected chi connectivity index (χ3v) is 3.64. The summed E-state index contributed by atoms with van der Waals surface area (Å²) in [4.78, 5) is 37.8. The molecular weight excluding hydrogens is 292 g/mol. The van der Waals surface area contributed by atoms with Crippen LogP contribution >= 0.6 is 0 Å². The summed E-state index contributed by atoms with van der Waals surface area (Å²) in [5, 5.41) is 2.86. The van der Waals surface area contributed by atoms with Crippen LogP contribution in [-0.2, 0) is 4.79 Å². The van der Waals surface area contributed by atoms with Gasteiger partial charge in [0.2, 0.25) is 5.91 Å². The quantitative estimate of drug-likeness (QED) is 0.868. The van der Waals surface area contributed by atoms with Crippen LogP contribution in [0.25, 0.3) is 0 Å². The fraction of sp³-hybridized carbons (Fsp3) is 0.500. The second-order valence-corrected chi connectivity index (χ2v) is 6.92. The summed E-state index contributed by atoms with van der Waals surface area (Å²) in [6.07, 6.45) is 0. The lowest BCUT2D eigenvalue weighted by Gasteiger charge is -2.28. The molecule has 1 aromatic rings. The summed E-state index contributed by atoms with van der Waals surface area (Å²) in [7, 11) is 1.59. The molecular formula is C18H26N2O3. The molecule has 0 saturated carbocycles. The van der Waals surface area contributed by atoms with Gasteiger partial charge in [-0.25, -0.2) is 0 Å². The zero-order valence-electron chi connectivity index (χ0n) is 15.0. The molecule has 0 heterocycles. The number of carbonyl (C=O) groups is 3. The largest absolute Gasteiger partial charge is 0.350 e. The van der Waals surface area contributed by atoms with E-state index >= 15 is 0 Å². The van der Waals surface area contributed by atoms with Crippen molar-refractivity contribution >= 4 is 17.6 Å². The van der Waals surface area contributed by atoms with Gasteiger partial charge in [0.05, 0.1) is 0 Å². The van der Waals surface area contributed by atoms with E-state index < -0.39 is 6.04 Å². The summed E-state index contributed by atoms with van der Waals surface area (Å²) >= 11 is 0. The van der Waals surface area contributed by atoms with Gasteiger partial charge in [-0.3, -0.25) is 14.4 Å². The van der Waals surface area contributed by atoms with Gasteiger partial charge in [0.15, 0.2) is 5.78 Å². The first-order chi connectivity index (χ1) is 10.4. The summed E-state index contributed by atoms with van der Waals surface area (Å²) in [6, 6.07) is 4.40. The fourth-order valence-corrected chi connectivity index (χ4v) is 2.16. The van der Waals surface area contributed by atoms with Crippen molar-refractivity contribution in [2.24, 2.45) is 0 Å². The van der Waals surface area contributed by atoms with E-state index in [4.69, 9.17) is 0 Å². The molecule has 1 N–H and O–H groups in total. The maximum absolute atomic E-state index is 12.6. The molecule has 1 rings (SSSR count). The van der Waals surface area contributed by atoms with E-state index in [1.165, 1.54) is 11.8 Å². The van der Waals surface area contributed by atoms with Crippen LogP contribution in [0, 0.1) is 6.92 Å². The van der Waals surface area contributed by atoms with E-state index in [1.807, 2.05) is 27.7 Å². The van der Waals surface area contributed by atoms with Gasteiger partial charge in [0.25, 0.3) is 5.91 Å². The van der Waals surface area contributed by atoms with E-state index in [9.17, 15) is 14.4 Å². The van der Waals surface area contributed by atoms with Gasteiger partial charge in [-0.15, -0.1) is 0 Å². The topological polar surface area (TPSA) is 66.5 Å². The first-order valence-electron chi connectivity index (χ1n) is 7.65. The number of Topliss-reactive ketones (excluding diaryl/α,β-unsaturated/α-hetero) is 1. The molecule has 0 radical (unpaired) electrons. The zero-order chi connectivity index (χ0) is 17.9. The van der Waals surface area contributed by atoms with Gasteiger partial charge < -0.3 is 10.2 Å². The number of likely N-dealkylation sites (N-methyl/N-ethyl adjacent to an activating group) is 1. The highest BCUT2D eigenvalue weighted by Gasteiger charge is 2.26. The summed E-state index contributed by atoms with van der Waals surface area (Å²) in [5.74, 6) is -0.588. The average Bonchev–Trinajstić information content (AvgIpc) is 2.43. The normalized spacial score (nSPS) is 12.5. The van der Waals surface area contributed by atoms with Crippen LogP contribution in [0.5, 0.6) is 0 Å². The Morgan fingerprint density at radius 3 is 2.22 bits per heavy atom. The molecule has 0 aliphatic heterocycles. The summed E-state index contributed by atoms with van der Waals surface area (Å²) in [6.45, 7) is 10.6. The molecule has 0 aliphatic carbocycles. The van der Waals surface area contributed by atoms with Crippen LogP contribution < -0.4 is 5.32 Å². The van der Waals surface area contributed by atoms with Crippen LogP contribution in [0.2, 0.25) is 0 Å². The summed E-state index contributed by atoms with van der Waals surface area (Å²) in [5.41, 5.74) is 1.39. The van der Waals surface area contributed by atoms with E-state index in [0.29, 0.717) is 11.1 Å². The minimum Gasteiger partial charge on any atom is -0.350 e. The monoisotopic (exact) mass is 318 g/mol. The molecule has 2 amide bonds. The molecule has 0 fully saturated rings. The van der Waals surface area contributed by atoms with Crippen molar-refractivity contribution in [3.8, 4) is 0 Å². The van der Waals surface area contributed by atoms with E-state index in [2.05, 4.69) is 5.32 Å². The average molecular weight is 318 g/mol. The number of nitrogens with zero attached hydrogens (tertiary/aromatic N) is 1. The molecule has 126 valence electrons. The highest BCUT2D eigenvalue weighted by molar-refractivity contribution is 6.01. The Bertz CT molecular complexity index is 630. The molecule has 0 aromatic heterocycles. The highest BCUT2D eigenvalue weighted by atomic mass is 16.2. The predicted octanol–water partition coefficient (Wildman–Crippen LogP) is 2.57. The first-order valence-corrected chi connectivity index (χ1v) is 7.65. The lowest BCUT2D eigenvalue weighted by molar-refractivity contribution is -0.126. The van der Waals surface area contributed by atoms with Crippen molar-refractivity contribution in [2.45, 2.75) is 53.1 Å². The molecule has 23 heavy (non-hydrogen) atoms. The SMILES string of the molecule is CC(=O)c1cc(C(=O)N(C)C(C)C(=O)NC(C)(C)C)ccc1C. The number of nitrogens with one attached hydrogen (secondary N) is 1. The number of amides is 2. The highest BCUT2D eigenvalue weighted by Crippen LogP contribution is 2.15. The van der Waals surface area contributed by atoms with E-state index in [-0.39, 0.29) is 23.1 Å². The zero-order valence-corrected chi connectivity index (χ0v) is 15.0. The maximum atomic E-state index is 12.6. The van der Waals surface area contributed by atoms with Gasteiger partial charge >= 0.3 is 0 Å². The predicted molar refractivity (Wildman–Crippen MR) is 90.6 cm³/mol. The number of ketones is 1. The third kappa shape index (κ3) is 4.91. The van der Waals surface area contributed by atoms with E-state index in [1.54, 1.807) is 32.2 Å². The second-order valence-electron chi connectivity index (χ2n) is 6.92. The number of hydrogen-bond acceptors (Lipinski definition) is 3. The lowest BCUT2D eigenvalue weighted by Crippen LogP contribution is -2.51. The van der Waals surface area contributed by atoms with Crippen LogP contribution in [0.15, 0.2) is 18.2 Å². The molecule has 0 bridgehead atoms. The van der Waals surface area contributed by atoms with Gasteiger partial charge in [-0.2, -0.15) is 0 Å². The standard InChI is InChI=1S/C18H26N2O3/c1-11-8-9-14(10-15(11)13(3)21)17(23)20(7)12(2)16(22)19-18(4,5)6/h8-10,12H,1-7H3,(H,19,22). The van der Waals surface area contributed by atoms with Crippen molar-refractivity contribution in [3.05, 3.63) is 34.9 Å². The first kappa shape index (κ1) is 18.9. The number of aryl methyl sites for hydroxylation is 1. The Kier molecular flexibility index (Phi) is 5.70. The third-order valence-electron chi connectivity index (χ3n) is 3.64. The number of benzene rings is 1. The van der Waals surface area contributed by atoms with Gasteiger partial charge in [-0.1, -0.05) is 6.07 Å². The summed E-state index contributed by atoms with van der Waals surface area (Å²) < 4.78 is 0. The van der Waals surface area contributed by atoms with Gasteiger partial charge in [0.1, 0.15) is 6.04 Å². The van der Waals surface area contributed by atoms with Crippen molar-refractivity contribution in [1.29, 1.82) is 0 Å². The molecule has 0 spiro atoms. The van der Waals surface area contributed by atoms with Crippen molar-refractivity contribution < 1.29 is 14.4 Å². The lowest BCUT2D eigenvalue weighted by atomic mass is 10.0. The van der Waals surface area contributed by atoms with Crippen molar-refractivity contribution in [3.63, 3.8) is 0 Å². The number of hydrogen-bond donors (Lipinski definition) is 1. The molecule has 1 unspecified atom stereocenters. The van der Waals surface area contributed by atoms with E-state index in [0.717, 1.165) is 5.56 Å². The fourth-order valence-electron chi connectivity index (χ4n) is 2.16. The molecule has 0 saturated heterocycles. The molecule has 5 nitrogen and oxygen atoms in total. The Morgan fingerprint density at radius 1 is 1.17 bits per heavy atom. The van der Waals surface area contributed by atoms with Gasteiger partial charge in [0, 0.05) is 23.7 Å². The van der Waals surface area contributed by atoms with Crippen molar-refractivity contribution in [1.82, 2.24) is 10.2 Å². The smallest absolute Gasteiger partial charge is 0.254 e. The molecule has 1 aromatic carbocycles. The second kappa shape index (κ2) is 6.94. The maximum Gasteiger partial charge on any atom is 0.254 e. The molecule has 5 heteroatoms. The van der Waals surface area contributed by atoms with Crippen molar-refractivity contribution in [2.75, 3.05) is 7.05 Å². The minimum absolute atomic E-state index is 0.0849. The van der Waals surface area contributed by atoms with Crippen LogP contribution in [0.3, 0.4) is 0 Å². The Labute approximate surface area is 138 Å². The molecule has 0 aliphatic rings. The number of carbonyl (C=O) groups excluding carboxylic acids is 3. The molecule has 1 atom stereocenters. The Morgan fingerprint density at radius 2 is 1.74 bits per heavy atom. The Balaban J connectivity index is 2.98. The van der Waals surface area contributed by atoms with Crippen LogP contribution in [0.1, 0.15) is 60.9 Å². The number of rotatable bonds is 4. The minimum atomic E-state index is -0.608. The van der Waals surface area contributed by atoms with Crippen LogP contribution in [-0.4, -0.2) is 41.1 Å².